The molecule has 3 rings (SSSR count). The number of hydrogen-bond acceptors (Lipinski definition) is 2. The SMILES string of the molecule is CCN1CCCN2C(=O)CCC12c1ccc(Cl)cc1. The van der Waals surface area contributed by atoms with E-state index in [-0.39, 0.29) is 11.6 Å². The Morgan fingerprint density at radius 3 is 2.68 bits per heavy atom. The third-order valence-electron chi connectivity index (χ3n) is 4.46. The van der Waals surface area contributed by atoms with Crippen molar-refractivity contribution >= 4 is 17.5 Å². The van der Waals surface area contributed by atoms with Crippen molar-refractivity contribution in [2.24, 2.45) is 0 Å². The van der Waals surface area contributed by atoms with Gasteiger partial charge in [0.15, 0.2) is 0 Å². The zero-order valence-corrected chi connectivity index (χ0v) is 12.0. The summed E-state index contributed by atoms with van der Waals surface area (Å²) >= 11 is 6.00. The molecule has 3 nitrogen and oxygen atoms in total. The molecule has 1 amide bonds. The molecule has 1 unspecified atom stereocenters. The first-order chi connectivity index (χ1) is 9.18. The Kier molecular flexibility index (Phi) is 3.27. The molecular formula is C15H19ClN2O. The molecule has 0 saturated carbocycles. The van der Waals surface area contributed by atoms with Gasteiger partial charge in [0.1, 0.15) is 5.66 Å². The Hall–Kier alpha value is -1.06. The van der Waals surface area contributed by atoms with E-state index in [4.69, 9.17) is 11.6 Å². The summed E-state index contributed by atoms with van der Waals surface area (Å²) in [4.78, 5) is 16.7. The molecule has 2 aliphatic rings. The number of carbonyl (C=O) groups is 1. The van der Waals surface area contributed by atoms with Crippen molar-refractivity contribution in [1.82, 2.24) is 9.80 Å². The maximum Gasteiger partial charge on any atom is 0.224 e. The van der Waals surface area contributed by atoms with Crippen molar-refractivity contribution in [2.75, 3.05) is 19.6 Å². The second kappa shape index (κ2) is 4.80. The number of benzene rings is 1. The highest BCUT2D eigenvalue weighted by Crippen LogP contribution is 2.44. The summed E-state index contributed by atoms with van der Waals surface area (Å²) in [6, 6.07) is 7.99. The fourth-order valence-electron chi connectivity index (χ4n) is 3.62. The van der Waals surface area contributed by atoms with Crippen molar-refractivity contribution < 1.29 is 4.79 Å². The first kappa shape index (κ1) is 12.9. The number of carbonyl (C=O) groups excluding carboxylic acids is 1. The van der Waals surface area contributed by atoms with Crippen LogP contribution in [0.2, 0.25) is 5.02 Å². The van der Waals surface area contributed by atoms with Crippen LogP contribution in [0, 0.1) is 0 Å². The van der Waals surface area contributed by atoms with Crippen LogP contribution in [-0.4, -0.2) is 35.3 Å². The molecule has 102 valence electrons. The van der Waals surface area contributed by atoms with Gasteiger partial charge < -0.3 is 4.90 Å². The largest absolute Gasteiger partial charge is 0.320 e. The van der Waals surface area contributed by atoms with Gasteiger partial charge in [-0.3, -0.25) is 9.69 Å². The number of halogens is 1. The molecule has 0 aromatic heterocycles. The molecule has 4 heteroatoms. The second-order valence-corrected chi connectivity index (χ2v) is 5.74. The lowest BCUT2D eigenvalue weighted by molar-refractivity contribution is -0.143. The predicted octanol–water partition coefficient (Wildman–Crippen LogP) is 2.84. The van der Waals surface area contributed by atoms with Crippen LogP contribution in [0.5, 0.6) is 0 Å². The lowest BCUT2D eigenvalue weighted by Crippen LogP contribution is -2.59. The highest BCUT2D eigenvalue weighted by Gasteiger charge is 2.51. The average molecular weight is 279 g/mol. The van der Waals surface area contributed by atoms with Crippen molar-refractivity contribution in [2.45, 2.75) is 31.8 Å². The van der Waals surface area contributed by atoms with E-state index < -0.39 is 0 Å². The van der Waals surface area contributed by atoms with Crippen LogP contribution in [-0.2, 0) is 10.5 Å². The van der Waals surface area contributed by atoms with Gasteiger partial charge in [-0.05, 0) is 37.1 Å². The van der Waals surface area contributed by atoms with Crippen molar-refractivity contribution in [3.8, 4) is 0 Å². The fraction of sp³-hybridized carbons (Fsp3) is 0.533. The smallest absolute Gasteiger partial charge is 0.224 e. The molecule has 0 aliphatic carbocycles. The van der Waals surface area contributed by atoms with E-state index in [1.54, 1.807) is 0 Å². The van der Waals surface area contributed by atoms with Crippen molar-refractivity contribution in [1.29, 1.82) is 0 Å². The van der Waals surface area contributed by atoms with Gasteiger partial charge in [0.05, 0.1) is 0 Å². The lowest BCUT2D eigenvalue weighted by Gasteiger charge is -2.50. The van der Waals surface area contributed by atoms with E-state index in [1.807, 2.05) is 12.1 Å². The molecule has 2 fully saturated rings. The normalized spacial score (nSPS) is 27.7. The minimum atomic E-state index is -0.228. The van der Waals surface area contributed by atoms with Crippen LogP contribution in [0.4, 0.5) is 0 Å². The molecule has 0 spiro atoms. The predicted molar refractivity (Wildman–Crippen MR) is 75.9 cm³/mol. The van der Waals surface area contributed by atoms with E-state index >= 15 is 0 Å². The van der Waals surface area contributed by atoms with Crippen molar-refractivity contribution in [3.05, 3.63) is 34.9 Å². The Morgan fingerprint density at radius 1 is 1.26 bits per heavy atom. The topological polar surface area (TPSA) is 23.6 Å². The van der Waals surface area contributed by atoms with E-state index in [2.05, 4.69) is 28.9 Å². The maximum absolute atomic E-state index is 12.2. The quantitative estimate of drug-likeness (QED) is 0.831. The van der Waals surface area contributed by atoms with Gasteiger partial charge >= 0.3 is 0 Å². The van der Waals surface area contributed by atoms with E-state index in [9.17, 15) is 4.79 Å². The molecule has 1 aromatic carbocycles. The molecule has 19 heavy (non-hydrogen) atoms. The third-order valence-corrected chi connectivity index (χ3v) is 4.71. The summed E-state index contributed by atoms with van der Waals surface area (Å²) in [7, 11) is 0. The minimum Gasteiger partial charge on any atom is -0.320 e. The first-order valence-electron chi connectivity index (χ1n) is 7.00. The van der Waals surface area contributed by atoms with E-state index in [0.717, 1.165) is 37.5 Å². The molecular weight excluding hydrogens is 260 g/mol. The monoisotopic (exact) mass is 278 g/mol. The van der Waals surface area contributed by atoms with Crippen molar-refractivity contribution in [3.63, 3.8) is 0 Å². The van der Waals surface area contributed by atoms with Crippen LogP contribution in [0.15, 0.2) is 24.3 Å². The second-order valence-electron chi connectivity index (χ2n) is 5.30. The Morgan fingerprint density at radius 2 is 2.00 bits per heavy atom. The van der Waals surface area contributed by atoms with Gasteiger partial charge in [-0.15, -0.1) is 0 Å². The first-order valence-corrected chi connectivity index (χ1v) is 7.38. The lowest BCUT2D eigenvalue weighted by atomic mass is 9.92. The Bertz CT molecular complexity index is 487. The molecule has 1 aromatic rings. The van der Waals surface area contributed by atoms with Crippen LogP contribution < -0.4 is 0 Å². The molecule has 2 heterocycles. The average Bonchev–Trinajstić information content (AvgIpc) is 2.78. The van der Waals surface area contributed by atoms with E-state index in [0.29, 0.717) is 6.42 Å². The van der Waals surface area contributed by atoms with Crippen LogP contribution in [0.25, 0.3) is 0 Å². The number of nitrogens with zero attached hydrogens (tertiary/aromatic N) is 2. The summed E-state index contributed by atoms with van der Waals surface area (Å²) in [5.41, 5.74) is 0.971. The number of rotatable bonds is 2. The van der Waals surface area contributed by atoms with Gasteiger partial charge in [-0.1, -0.05) is 30.7 Å². The van der Waals surface area contributed by atoms with Gasteiger partial charge in [-0.25, -0.2) is 0 Å². The molecule has 0 bridgehead atoms. The summed E-state index contributed by atoms with van der Waals surface area (Å²) in [5.74, 6) is 0.285. The fourth-order valence-corrected chi connectivity index (χ4v) is 3.75. The third kappa shape index (κ3) is 1.87. The van der Waals surface area contributed by atoms with Gasteiger partial charge in [0, 0.05) is 24.5 Å². The highest BCUT2D eigenvalue weighted by molar-refractivity contribution is 6.30. The zero-order valence-electron chi connectivity index (χ0n) is 11.2. The van der Waals surface area contributed by atoms with Crippen LogP contribution in [0.3, 0.4) is 0 Å². The molecule has 2 saturated heterocycles. The Balaban J connectivity index is 2.09. The maximum atomic E-state index is 12.2. The minimum absolute atomic E-state index is 0.228. The summed E-state index contributed by atoms with van der Waals surface area (Å²) in [6.45, 7) is 5.07. The van der Waals surface area contributed by atoms with E-state index in [1.165, 1.54) is 5.56 Å². The number of amides is 1. The summed E-state index contributed by atoms with van der Waals surface area (Å²) in [5, 5.41) is 0.745. The van der Waals surface area contributed by atoms with Gasteiger partial charge in [0.2, 0.25) is 5.91 Å². The van der Waals surface area contributed by atoms with Crippen LogP contribution >= 0.6 is 11.6 Å². The summed E-state index contributed by atoms with van der Waals surface area (Å²) in [6.07, 6.45) is 2.61. The Labute approximate surface area is 119 Å². The molecule has 2 aliphatic heterocycles. The molecule has 0 radical (unpaired) electrons. The zero-order chi connectivity index (χ0) is 13.5. The van der Waals surface area contributed by atoms with Gasteiger partial charge in [-0.2, -0.15) is 0 Å². The number of fused-ring (bicyclic) bond motifs is 1. The molecule has 0 N–H and O–H groups in total. The highest BCUT2D eigenvalue weighted by atomic mass is 35.5. The number of hydrogen-bond donors (Lipinski definition) is 0. The molecule has 1 atom stereocenters. The van der Waals surface area contributed by atoms with Gasteiger partial charge in [0.25, 0.3) is 0 Å². The summed E-state index contributed by atoms with van der Waals surface area (Å²) < 4.78 is 0. The standard InChI is InChI=1S/C15H19ClN2O/c1-2-17-10-3-11-18-14(19)8-9-15(17,18)12-4-6-13(16)7-5-12/h4-7H,2-3,8-11H2,1H3. The van der Waals surface area contributed by atoms with Crippen LogP contribution in [0.1, 0.15) is 31.7 Å².